The number of nitriles is 1. The van der Waals surface area contributed by atoms with Gasteiger partial charge < -0.3 is 15.4 Å². The number of halogens is 3. The van der Waals surface area contributed by atoms with Gasteiger partial charge in [0.25, 0.3) is 0 Å². The van der Waals surface area contributed by atoms with E-state index >= 15 is 0 Å². The number of carbonyl (C=O) groups excluding carboxylic acids is 1. The van der Waals surface area contributed by atoms with E-state index in [1.54, 1.807) is 6.92 Å². The van der Waals surface area contributed by atoms with Crippen molar-refractivity contribution in [3.8, 4) is 6.07 Å². The molecule has 0 amide bonds. The second-order valence-electron chi connectivity index (χ2n) is 7.00. The predicted molar refractivity (Wildman–Crippen MR) is 111 cm³/mol. The summed E-state index contributed by atoms with van der Waals surface area (Å²) in [5, 5.41) is 9.77. The Morgan fingerprint density at radius 1 is 1.32 bits per heavy atom. The zero-order valence-corrected chi connectivity index (χ0v) is 17.7. The molecule has 7 nitrogen and oxygen atoms in total. The number of hydrogen-bond donors (Lipinski definition) is 1. The molecule has 0 aliphatic carbocycles. The lowest BCUT2D eigenvalue weighted by Gasteiger charge is -2.23. The highest BCUT2D eigenvalue weighted by Gasteiger charge is 2.31. The highest BCUT2D eigenvalue weighted by molar-refractivity contribution is 7.18. The number of nitrogens with two attached hydrogens (primary N) is 1. The normalized spacial score (nSPS) is 15.4. The zero-order chi connectivity index (χ0) is 22.6. The number of nitrogens with zero attached hydrogens (tertiary/aromatic N) is 4. The molecule has 1 saturated heterocycles. The summed E-state index contributed by atoms with van der Waals surface area (Å²) in [6.45, 7) is 4.75. The summed E-state index contributed by atoms with van der Waals surface area (Å²) in [4.78, 5) is 20.6. The van der Waals surface area contributed by atoms with Gasteiger partial charge in [0.15, 0.2) is 0 Å². The van der Waals surface area contributed by atoms with Crippen LogP contribution in [0, 0.1) is 11.3 Å². The fourth-order valence-corrected chi connectivity index (χ4v) is 4.37. The molecule has 0 bridgehead atoms. The van der Waals surface area contributed by atoms with Crippen molar-refractivity contribution >= 4 is 28.1 Å². The van der Waals surface area contributed by atoms with Gasteiger partial charge in [-0.1, -0.05) is 0 Å². The van der Waals surface area contributed by atoms with E-state index in [1.807, 2.05) is 4.90 Å². The van der Waals surface area contributed by atoms with Crippen molar-refractivity contribution in [3.05, 3.63) is 39.9 Å². The van der Waals surface area contributed by atoms with Crippen LogP contribution in [0.1, 0.15) is 39.7 Å². The van der Waals surface area contributed by atoms with Gasteiger partial charge >= 0.3 is 12.1 Å². The summed E-state index contributed by atoms with van der Waals surface area (Å²) in [6, 6.07) is 4.49. The molecule has 3 heterocycles. The third kappa shape index (κ3) is 5.26. The van der Waals surface area contributed by atoms with E-state index in [4.69, 9.17) is 10.5 Å². The van der Waals surface area contributed by atoms with Crippen molar-refractivity contribution in [2.75, 3.05) is 43.4 Å². The molecule has 0 aromatic carbocycles. The highest BCUT2D eigenvalue weighted by Crippen LogP contribution is 2.33. The first kappa shape index (κ1) is 22.8. The van der Waals surface area contributed by atoms with E-state index in [1.165, 1.54) is 6.07 Å². The van der Waals surface area contributed by atoms with Crippen LogP contribution in [0.15, 0.2) is 18.3 Å². The number of hydrogen-bond acceptors (Lipinski definition) is 8. The highest BCUT2D eigenvalue weighted by atomic mass is 32.1. The van der Waals surface area contributed by atoms with Crippen LogP contribution in [-0.2, 0) is 17.5 Å². The van der Waals surface area contributed by atoms with Crippen molar-refractivity contribution in [1.82, 2.24) is 9.88 Å². The van der Waals surface area contributed by atoms with Gasteiger partial charge in [0.2, 0.25) is 0 Å². The smallest absolute Gasteiger partial charge is 0.417 e. The number of alkyl halides is 3. The molecule has 0 saturated carbocycles. The summed E-state index contributed by atoms with van der Waals surface area (Å²) in [5.74, 6) is -0.0133. The van der Waals surface area contributed by atoms with Crippen LogP contribution < -0.4 is 10.6 Å². The fourth-order valence-electron chi connectivity index (χ4n) is 3.44. The largest absolute Gasteiger partial charge is 0.462 e. The topological polar surface area (TPSA) is 95.5 Å². The second kappa shape index (κ2) is 9.53. The average Bonchev–Trinajstić information content (AvgIpc) is 2.88. The Morgan fingerprint density at radius 2 is 2.10 bits per heavy atom. The molecule has 1 aliphatic heterocycles. The van der Waals surface area contributed by atoms with E-state index in [9.17, 15) is 23.2 Å². The maximum atomic E-state index is 12.8. The molecule has 2 N–H and O–H groups in total. The van der Waals surface area contributed by atoms with Crippen LogP contribution in [0.5, 0.6) is 0 Å². The summed E-state index contributed by atoms with van der Waals surface area (Å²) >= 11 is 1.05. The molecule has 166 valence electrons. The van der Waals surface area contributed by atoms with Crippen molar-refractivity contribution < 1.29 is 22.7 Å². The Morgan fingerprint density at radius 3 is 2.71 bits per heavy atom. The van der Waals surface area contributed by atoms with Crippen molar-refractivity contribution in [2.45, 2.75) is 26.1 Å². The molecule has 2 aromatic rings. The van der Waals surface area contributed by atoms with Crippen LogP contribution in [0.3, 0.4) is 0 Å². The quantitative estimate of drug-likeness (QED) is 0.692. The van der Waals surface area contributed by atoms with Gasteiger partial charge in [0.1, 0.15) is 21.8 Å². The van der Waals surface area contributed by atoms with E-state index in [0.717, 1.165) is 30.0 Å². The van der Waals surface area contributed by atoms with Gasteiger partial charge in [-0.15, -0.1) is 11.3 Å². The van der Waals surface area contributed by atoms with Crippen LogP contribution in [0.4, 0.5) is 24.0 Å². The maximum Gasteiger partial charge on any atom is 0.417 e. The van der Waals surface area contributed by atoms with E-state index < -0.39 is 17.7 Å². The van der Waals surface area contributed by atoms with Gasteiger partial charge in [0, 0.05) is 44.5 Å². The van der Waals surface area contributed by atoms with Gasteiger partial charge in [0.05, 0.1) is 17.7 Å². The first-order valence-corrected chi connectivity index (χ1v) is 10.5. The second-order valence-corrected chi connectivity index (χ2v) is 8.05. The molecule has 0 spiro atoms. The van der Waals surface area contributed by atoms with E-state index in [-0.39, 0.29) is 11.6 Å². The van der Waals surface area contributed by atoms with Gasteiger partial charge in [-0.25, -0.2) is 9.78 Å². The first-order valence-electron chi connectivity index (χ1n) is 9.73. The minimum atomic E-state index is -4.42. The van der Waals surface area contributed by atoms with E-state index in [0.29, 0.717) is 54.5 Å². The SMILES string of the molecule is CCOC(=O)c1sc(N)c(C#N)c1CN1CCCN(c2ccc(C(F)(F)F)cn2)CC1. The molecule has 11 heteroatoms. The molecule has 2 aromatic heterocycles. The summed E-state index contributed by atoms with van der Waals surface area (Å²) in [7, 11) is 0. The predicted octanol–water partition coefficient (Wildman–Crippen LogP) is 3.50. The maximum absolute atomic E-state index is 12.8. The molecule has 0 radical (unpaired) electrons. The number of nitrogen functional groups attached to an aromatic ring is 1. The average molecular weight is 453 g/mol. The fraction of sp³-hybridized carbons (Fsp3) is 0.450. The van der Waals surface area contributed by atoms with Crippen molar-refractivity contribution in [1.29, 1.82) is 5.26 Å². The van der Waals surface area contributed by atoms with Crippen LogP contribution in [0.2, 0.25) is 0 Å². The number of anilines is 2. The molecule has 1 fully saturated rings. The van der Waals surface area contributed by atoms with Gasteiger partial charge in [-0.2, -0.15) is 18.4 Å². The molecule has 0 unspecified atom stereocenters. The lowest BCUT2D eigenvalue weighted by molar-refractivity contribution is -0.137. The van der Waals surface area contributed by atoms with Crippen molar-refractivity contribution in [2.24, 2.45) is 0 Å². The number of aromatic nitrogens is 1. The minimum Gasteiger partial charge on any atom is -0.462 e. The summed E-state index contributed by atoms with van der Waals surface area (Å²) in [5.41, 5.74) is 6.01. The lowest BCUT2D eigenvalue weighted by atomic mass is 10.1. The summed E-state index contributed by atoms with van der Waals surface area (Å²) in [6.07, 6.45) is -2.82. The zero-order valence-electron chi connectivity index (χ0n) is 16.9. The Labute approximate surface area is 181 Å². The summed E-state index contributed by atoms with van der Waals surface area (Å²) < 4.78 is 43.4. The Bertz CT molecular complexity index is 969. The molecule has 0 atom stereocenters. The van der Waals surface area contributed by atoms with Crippen LogP contribution in [-0.4, -0.2) is 48.6 Å². The number of ether oxygens (including phenoxy) is 1. The number of pyridine rings is 1. The van der Waals surface area contributed by atoms with Crippen molar-refractivity contribution in [3.63, 3.8) is 0 Å². The first-order chi connectivity index (χ1) is 14.7. The van der Waals surface area contributed by atoms with E-state index in [2.05, 4.69) is 16.0 Å². The van der Waals surface area contributed by atoms with Gasteiger partial charge in [-0.3, -0.25) is 4.90 Å². The van der Waals surface area contributed by atoms with Crippen LogP contribution >= 0.6 is 11.3 Å². The number of rotatable bonds is 5. The monoisotopic (exact) mass is 453 g/mol. The third-order valence-electron chi connectivity index (χ3n) is 4.98. The molecular formula is C20H22F3N5O2S. The molecule has 1 aliphatic rings. The van der Waals surface area contributed by atoms with Gasteiger partial charge in [-0.05, 0) is 25.5 Å². The Kier molecular flexibility index (Phi) is 7.02. The Hall–Kier alpha value is -2.84. The van der Waals surface area contributed by atoms with Crippen LogP contribution in [0.25, 0.3) is 0 Å². The molecular weight excluding hydrogens is 431 g/mol. The number of carbonyl (C=O) groups is 1. The number of esters is 1. The lowest BCUT2D eigenvalue weighted by Crippen LogP contribution is -2.31. The third-order valence-corrected chi connectivity index (χ3v) is 6.02. The molecule has 3 rings (SSSR count). The number of thiophene rings is 1. The Balaban J connectivity index is 1.72. The standard InChI is InChI=1S/C20H22F3N5O2S/c1-2-30-19(29)17-15(14(10-24)18(25)31-17)12-27-6-3-7-28(9-8-27)16-5-4-13(11-26-16)20(21,22)23/h4-5,11H,2-3,6-9,12,25H2,1H3. The molecule has 31 heavy (non-hydrogen) atoms. The minimum absolute atomic E-state index is 0.219.